The summed E-state index contributed by atoms with van der Waals surface area (Å²) in [6.45, 7) is 1.89. The Morgan fingerprint density at radius 1 is 0.636 bits per heavy atom. The van der Waals surface area contributed by atoms with Crippen molar-refractivity contribution in [3.63, 3.8) is 0 Å². The number of hydrogen-bond donors (Lipinski definition) is 2. The summed E-state index contributed by atoms with van der Waals surface area (Å²) in [5, 5.41) is 48.3. The molecule has 390 valence electrons. The minimum absolute atomic E-state index is 0.0307. The van der Waals surface area contributed by atoms with Gasteiger partial charge in [0.15, 0.2) is 11.6 Å². The molecule has 1 unspecified atom stereocenters. The van der Waals surface area contributed by atoms with Crippen molar-refractivity contribution >= 4 is 34.6 Å². The summed E-state index contributed by atoms with van der Waals surface area (Å²) in [5.74, 6) is -0.787. The molecule has 0 bridgehead atoms. The third-order valence-electron chi connectivity index (χ3n) is 14.0. The van der Waals surface area contributed by atoms with Crippen molar-refractivity contribution in [3.05, 3.63) is 149 Å². The third kappa shape index (κ3) is 9.92. The second kappa shape index (κ2) is 20.1. The molecule has 2 N–H and O–H groups in total. The lowest BCUT2D eigenvalue weighted by atomic mass is 9.95. The third-order valence-corrected chi connectivity index (χ3v) is 14.0. The molecular formula is C55H46F6N14O2. The SMILES string of the molecule is CC(CC[C@H](C#N)CNc1cc(-c2cc(C#N)ccc2-c2nncn2C)cc(N2Cc3c(cccc3C(F)(F)F)C2=O)c1)CNc1cc(-c2c(-c3nncn3C)cnn2C)cc(N2Cc3c(cccc3C(F)(F)F)C2=O)c1. The quantitative estimate of drug-likeness (QED) is 0.0929. The highest BCUT2D eigenvalue weighted by Crippen LogP contribution is 2.44. The number of fused-ring (bicyclic) bond motifs is 2. The lowest BCUT2D eigenvalue weighted by molar-refractivity contribution is -0.139. The summed E-state index contributed by atoms with van der Waals surface area (Å²) < 4.78 is 90.3. The van der Waals surface area contributed by atoms with Gasteiger partial charge < -0.3 is 29.6 Å². The second-order valence-corrected chi connectivity index (χ2v) is 19.2. The number of aromatic nitrogens is 8. The van der Waals surface area contributed by atoms with Crippen molar-refractivity contribution in [2.24, 2.45) is 33.0 Å². The molecule has 2 atom stereocenters. The van der Waals surface area contributed by atoms with Crippen molar-refractivity contribution in [1.82, 2.24) is 39.3 Å². The number of amides is 2. The van der Waals surface area contributed by atoms with E-state index in [0.717, 1.165) is 12.1 Å². The van der Waals surface area contributed by atoms with Gasteiger partial charge in [-0.2, -0.15) is 42.0 Å². The van der Waals surface area contributed by atoms with Gasteiger partial charge >= 0.3 is 12.4 Å². The van der Waals surface area contributed by atoms with E-state index in [1.54, 1.807) is 96.0 Å². The number of anilines is 4. The Labute approximate surface area is 436 Å². The Kier molecular flexibility index (Phi) is 13.4. The summed E-state index contributed by atoms with van der Waals surface area (Å²) in [4.78, 5) is 30.4. The number of halogens is 6. The molecule has 0 radical (unpaired) electrons. The molecule has 2 aliphatic rings. The summed E-state index contributed by atoms with van der Waals surface area (Å²) in [6.07, 6.45) is -3.67. The number of nitrogens with one attached hydrogen (secondary N) is 2. The fourth-order valence-electron chi connectivity index (χ4n) is 10.0. The van der Waals surface area contributed by atoms with Crippen LogP contribution in [0.1, 0.15) is 68.3 Å². The van der Waals surface area contributed by atoms with Gasteiger partial charge in [-0.15, -0.1) is 20.4 Å². The van der Waals surface area contributed by atoms with Gasteiger partial charge in [-0.1, -0.05) is 19.1 Å². The molecule has 10 rings (SSSR count). The van der Waals surface area contributed by atoms with Crippen LogP contribution in [0.15, 0.2) is 110 Å². The lowest BCUT2D eigenvalue weighted by Gasteiger charge is -2.22. The zero-order chi connectivity index (χ0) is 54.5. The fourth-order valence-corrected chi connectivity index (χ4v) is 10.0. The van der Waals surface area contributed by atoms with Gasteiger partial charge in [-0.3, -0.25) is 14.3 Å². The standard InChI is InChI=1S/C55H46F6N14O2/c1-31(24-64-37-17-35(49-44(26-68-73(49)4)51-70-67-30-72(51)3)19-39(21-37)75-28-46-42(53(75)77)8-6-10-48(46)55(59,60)61)11-12-33(23-63)25-65-36-16-34(43-15-32(22-62)13-14-40(43)50-69-66-29-71(50)2)18-38(20-36)74-27-45-41(52(74)76)7-5-9-47(45)54(56,57)58/h5-10,13-21,26,29-31,33,64-65H,11-12,24-25,27-28H2,1-4H3/t31?,33-/m1/s1. The number of aryl methyl sites for hydroxylation is 3. The molecule has 16 nitrogen and oxygen atoms in total. The van der Waals surface area contributed by atoms with Crippen molar-refractivity contribution in [1.29, 1.82) is 10.5 Å². The van der Waals surface area contributed by atoms with Crippen LogP contribution in [0.3, 0.4) is 0 Å². The maximum atomic E-state index is 14.2. The van der Waals surface area contributed by atoms with Gasteiger partial charge in [-0.25, -0.2) is 0 Å². The largest absolute Gasteiger partial charge is 0.416 e. The predicted molar refractivity (Wildman–Crippen MR) is 274 cm³/mol. The average Bonchev–Trinajstić information content (AvgIpc) is 4.28. The van der Waals surface area contributed by atoms with Crippen LogP contribution in [0.5, 0.6) is 0 Å². The van der Waals surface area contributed by atoms with Crippen LogP contribution in [0.2, 0.25) is 0 Å². The topological polar surface area (TPSA) is 192 Å². The molecule has 3 aromatic heterocycles. The number of nitrogens with zero attached hydrogens (tertiary/aromatic N) is 12. The Bertz CT molecular complexity index is 3710. The van der Waals surface area contributed by atoms with E-state index in [1.165, 1.54) is 40.4 Å². The molecule has 2 amide bonds. The summed E-state index contributed by atoms with van der Waals surface area (Å²) >= 11 is 0. The molecule has 0 aliphatic carbocycles. The van der Waals surface area contributed by atoms with E-state index in [4.69, 9.17) is 0 Å². The first-order chi connectivity index (χ1) is 36.8. The molecule has 5 heterocycles. The molecule has 2 aliphatic heterocycles. The number of alkyl halides is 6. The summed E-state index contributed by atoms with van der Waals surface area (Å²) in [6, 6.07) is 27.1. The number of nitriles is 2. The van der Waals surface area contributed by atoms with Gasteiger partial charge in [-0.05, 0) is 120 Å². The zero-order valence-corrected chi connectivity index (χ0v) is 41.7. The maximum absolute atomic E-state index is 14.2. The highest BCUT2D eigenvalue weighted by atomic mass is 19.4. The smallest absolute Gasteiger partial charge is 0.385 e. The van der Waals surface area contributed by atoms with Crippen molar-refractivity contribution in [2.75, 3.05) is 33.5 Å². The van der Waals surface area contributed by atoms with E-state index in [2.05, 4.69) is 48.3 Å². The number of rotatable bonds is 15. The van der Waals surface area contributed by atoms with Gasteiger partial charge in [0.25, 0.3) is 11.8 Å². The highest BCUT2D eigenvalue weighted by molar-refractivity contribution is 6.12. The molecule has 0 saturated heterocycles. The van der Waals surface area contributed by atoms with E-state index >= 15 is 0 Å². The van der Waals surface area contributed by atoms with Crippen LogP contribution < -0.4 is 20.4 Å². The molecule has 0 saturated carbocycles. The van der Waals surface area contributed by atoms with Crippen LogP contribution in [0, 0.1) is 34.5 Å². The lowest BCUT2D eigenvalue weighted by Crippen LogP contribution is -2.23. The Morgan fingerprint density at radius 2 is 1.18 bits per heavy atom. The van der Waals surface area contributed by atoms with Crippen molar-refractivity contribution in [2.45, 2.75) is 45.2 Å². The van der Waals surface area contributed by atoms with Crippen LogP contribution >= 0.6 is 0 Å². The molecule has 77 heavy (non-hydrogen) atoms. The predicted octanol–water partition coefficient (Wildman–Crippen LogP) is 10.7. The Balaban J connectivity index is 0.898. The van der Waals surface area contributed by atoms with E-state index < -0.39 is 41.2 Å². The Hall–Kier alpha value is -9.31. The van der Waals surface area contributed by atoms with Gasteiger partial charge in [0, 0.05) is 79.2 Å². The van der Waals surface area contributed by atoms with Crippen LogP contribution in [0.25, 0.3) is 45.2 Å². The first-order valence-electron chi connectivity index (χ1n) is 24.3. The van der Waals surface area contributed by atoms with Crippen molar-refractivity contribution in [3.8, 4) is 57.3 Å². The van der Waals surface area contributed by atoms with Crippen LogP contribution in [-0.4, -0.2) is 64.2 Å². The van der Waals surface area contributed by atoms with E-state index in [1.807, 2.05) is 13.0 Å². The second-order valence-electron chi connectivity index (χ2n) is 19.2. The minimum Gasteiger partial charge on any atom is -0.385 e. The fraction of sp³-hybridized carbons (Fsp3) is 0.255. The zero-order valence-electron chi connectivity index (χ0n) is 41.7. The number of carbonyl (C=O) groups excluding carboxylic acids is 2. The monoisotopic (exact) mass is 1050 g/mol. The normalized spacial score (nSPS) is 14.1. The van der Waals surface area contributed by atoms with Crippen molar-refractivity contribution < 1.29 is 35.9 Å². The first-order valence-corrected chi connectivity index (χ1v) is 24.3. The number of hydrogen-bond acceptors (Lipinski definition) is 11. The molecule has 0 fully saturated rings. The van der Waals surface area contributed by atoms with E-state index in [-0.39, 0.29) is 53.5 Å². The van der Waals surface area contributed by atoms with Crippen LogP contribution in [0.4, 0.5) is 49.1 Å². The van der Waals surface area contributed by atoms with Gasteiger partial charge in [0.1, 0.15) is 12.7 Å². The summed E-state index contributed by atoms with van der Waals surface area (Å²) in [7, 11) is 5.28. The molecule has 8 aromatic rings. The average molecular weight is 1050 g/mol. The highest BCUT2D eigenvalue weighted by Gasteiger charge is 2.41. The van der Waals surface area contributed by atoms with Gasteiger partial charge in [0.2, 0.25) is 0 Å². The number of benzene rings is 5. The van der Waals surface area contributed by atoms with E-state index in [0.29, 0.717) is 87.2 Å². The summed E-state index contributed by atoms with van der Waals surface area (Å²) in [5.41, 5.74) is 3.37. The Morgan fingerprint density at radius 3 is 1.71 bits per heavy atom. The molecule has 22 heteroatoms. The molecule has 0 spiro atoms. The molecular weight excluding hydrogens is 1000 g/mol. The molecule has 5 aromatic carbocycles. The maximum Gasteiger partial charge on any atom is 0.416 e. The first kappa shape index (κ1) is 51.2. The van der Waals surface area contributed by atoms with E-state index in [9.17, 15) is 46.5 Å². The van der Waals surface area contributed by atoms with Crippen LogP contribution in [-0.2, 0) is 46.6 Å². The number of carbonyl (C=O) groups is 2. The minimum atomic E-state index is -4.70. The van der Waals surface area contributed by atoms with Gasteiger partial charge in [0.05, 0.1) is 65.3 Å².